The van der Waals surface area contributed by atoms with E-state index < -0.39 is 0 Å². The Morgan fingerprint density at radius 2 is 2.17 bits per heavy atom. The smallest absolute Gasteiger partial charge is 0.131 e. The van der Waals surface area contributed by atoms with Gasteiger partial charge in [-0.25, -0.2) is 9.97 Å². The van der Waals surface area contributed by atoms with Crippen molar-refractivity contribution in [1.82, 2.24) is 9.97 Å². The van der Waals surface area contributed by atoms with Gasteiger partial charge in [0.2, 0.25) is 0 Å². The molecule has 1 aromatic heterocycles. The molecular formula is C14H22ClN3. The zero-order chi connectivity index (χ0) is 13.3. The third-order valence-electron chi connectivity index (χ3n) is 3.60. The number of hydrogen-bond donors (Lipinski definition) is 0. The first kappa shape index (κ1) is 13.6. The molecule has 2 unspecified atom stereocenters. The average Bonchev–Trinajstić information content (AvgIpc) is 2.67. The van der Waals surface area contributed by atoms with Gasteiger partial charge in [0, 0.05) is 18.5 Å². The van der Waals surface area contributed by atoms with Crippen molar-refractivity contribution in [3.05, 3.63) is 17.7 Å². The third-order valence-corrected chi connectivity index (χ3v) is 3.85. The molecule has 0 bridgehead atoms. The van der Waals surface area contributed by atoms with Crippen molar-refractivity contribution in [2.75, 3.05) is 11.4 Å². The lowest BCUT2D eigenvalue weighted by atomic mass is 10.1. The zero-order valence-electron chi connectivity index (χ0n) is 11.7. The molecule has 0 saturated carbocycles. The van der Waals surface area contributed by atoms with Crippen LogP contribution in [0.2, 0.25) is 0 Å². The summed E-state index contributed by atoms with van der Waals surface area (Å²) in [7, 11) is 0. The van der Waals surface area contributed by atoms with Crippen molar-refractivity contribution in [2.45, 2.75) is 52.0 Å². The molecule has 100 valence electrons. The van der Waals surface area contributed by atoms with Crippen molar-refractivity contribution in [3.8, 4) is 0 Å². The maximum Gasteiger partial charge on any atom is 0.131 e. The Labute approximate surface area is 115 Å². The van der Waals surface area contributed by atoms with Crippen molar-refractivity contribution in [3.63, 3.8) is 0 Å². The van der Waals surface area contributed by atoms with Crippen molar-refractivity contribution in [2.24, 2.45) is 5.92 Å². The summed E-state index contributed by atoms with van der Waals surface area (Å²) in [5.41, 5.74) is 2.09. The molecule has 2 atom stereocenters. The summed E-state index contributed by atoms with van der Waals surface area (Å²) in [6.07, 6.45) is 3.18. The highest BCUT2D eigenvalue weighted by molar-refractivity contribution is 6.17. The van der Waals surface area contributed by atoms with Crippen LogP contribution in [-0.4, -0.2) is 22.6 Å². The normalized spacial score (nSPS) is 24.0. The number of aromatic nitrogens is 2. The number of anilines is 1. The minimum absolute atomic E-state index is 0.343. The van der Waals surface area contributed by atoms with Crippen LogP contribution in [-0.2, 0) is 5.88 Å². The topological polar surface area (TPSA) is 29.0 Å². The Bertz CT molecular complexity index is 420. The highest BCUT2D eigenvalue weighted by Crippen LogP contribution is 2.31. The molecule has 1 aliphatic rings. The van der Waals surface area contributed by atoms with Gasteiger partial charge < -0.3 is 4.90 Å². The third kappa shape index (κ3) is 2.61. The largest absolute Gasteiger partial charge is 0.366 e. The molecule has 0 spiro atoms. The van der Waals surface area contributed by atoms with Gasteiger partial charge in [0.15, 0.2) is 0 Å². The average molecular weight is 268 g/mol. The van der Waals surface area contributed by atoms with E-state index in [-0.39, 0.29) is 0 Å². The Balaban J connectivity index is 2.33. The Kier molecular flexibility index (Phi) is 4.10. The maximum atomic E-state index is 6.05. The van der Waals surface area contributed by atoms with Crippen LogP contribution in [0.15, 0.2) is 6.20 Å². The first-order chi connectivity index (χ1) is 8.52. The molecule has 1 fully saturated rings. The molecule has 1 saturated heterocycles. The Morgan fingerprint density at radius 1 is 1.44 bits per heavy atom. The first-order valence-electron chi connectivity index (χ1n) is 6.71. The molecule has 1 aromatic rings. The minimum atomic E-state index is 0.343. The molecule has 0 amide bonds. The fourth-order valence-electron chi connectivity index (χ4n) is 2.68. The van der Waals surface area contributed by atoms with Crippen LogP contribution in [0.3, 0.4) is 0 Å². The number of rotatable bonds is 3. The SMILES string of the molecule is CC1CC(C)N(c2cnc(C(C)C)nc2CCl)C1. The highest BCUT2D eigenvalue weighted by Gasteiger charge is 2.28. The van der Waals surface area contributed by atoms with Crippen LogP contribution in [0.4, 0.5) is 5.69 Å². The number of halogens is 1. The number of alkyl halides is 1. The van der Waals surface area contributed by atoms with E-state index in [1.165, 1.54) is 6.42 Å². The van der Waals surface area contributed by atoms with Gasteiger partial charge in [-0.2, -0.15) is 0 Å². The van der Waals surface area contributed by atoms with Gasteiger partial charge in [0.1, 0.15) is 5.82 Å². The number of nitrogens with zero attached hydrogens (tertiary/aromatic N) is 3. The van der Waals surface area contributed by atoms with Crippen molar-refractivity contribution < 1.29 is 0 Å². The lowest BCUT2D eigenvalue weighted by molar-refractivity contribution is 0.625. The van der Waals surface area contributed by atoms with Crippen LogP contribution in [0.5, 0.6) is 0 Å². The molecule has 4 heteroatoms. The first-order valence-corrected chi connectivity index (χ1v) is 7.24. The van der Waals surface area contributed by atoms with Gasteiger partial charge in [-0.15, -0.1) is 11.6 Å². The maximum absolute atomic E-state index is 6.05. The molecular weight excluding hydrogens is 246 g/mol. The van der Waals surface area contributed by atoms with Crippen LogP contribution in [0.1, 0.15) is 51.6 Å². The summed E-state index contributed by atoms with van der Waals surface area (Å²) in [5.74, 6) is 2.41. The predicted octanol–water partition coefficient (Wildman–Crippen LogP) is 3.57. The van der Waals surface area contributed by atoms with E-state index in [0.29, 0.717) is 17.8 Å². The zero-order valence-corrected chi connectivity index (χ0v) is 12.4. The van der Waals surface area contributed by atoms with E-state index in [1.807, 2.05) is 6.20 Å². The van der Waals surface area contributed by atoms with Gasteiger partial charge in [-0.05, 0) is 19.3 Å². The molecule has 2 heterocycles. The lowest BCUT2D eigenvalue weighted by Crippen LogP contribution is -2.28. The van der Waals surface area contributed by atoms with Crippen LogP contribution >= 0.6 is 11.6 Å². The summed E-state index contributed by atoms with van der Waals surface area (Å²) in [6.45, 7) is 9.84. The quantitative estimate of drug-likeness (QED) is 0.784. The fourth-order valence-corrected chi connectivity index (χ4v) is 2.87. The lowest BCUT2D eigenvalue weighted by Gasteiger charge is -2.25. The highest BCUT2D eigenvalue weighted by atomic mass is 35.5. The van der Waals surface area contributed by atoms with Crippen LogP contribution in [0, 0.1) is 5.92 Å². The second kappa shape index (κ2) is 5.43. The van der Waals surface area contributed by atoms with E-state index in [1.54, 1.807) is 0 Å². The van der Waals surface area contributed by atoms with E-state index in [2.05, 4.69) is 42.6 Å². The van der Waals surface area contributed by atoms with Gasteiger partial charge >= 0.3 is 0 Å². The summed E-state index contributed by atoms with van der Waals surface area (Å²) < 4.78 is 0. The van der Waals surface area contributed by atoms with Gasteiger partial charge in [-0.3, -0.25) is 0 Å². The molecule has 0 radical (unpaired) electrons. The van der Waals surface area contributed by atoms with E-state index in [0.717, 1.165) is 29.7 Å². The van der Waals surface area contributed by atoms with Crippen molar-refractivity contribution >= 4 is 17.3 Å². The Hall–Kier alpha value is -0.830. The monoisotopic (exact) mass is 267 g/mol. The standard InChI is InChI=1S/C14H22ClN3/c1-9(2)14-16-7-13(12(6-15)17-14)18-8-10(3)5-11(18)4/h7,9-11H,5-6,8H2,1-4H3. The molecule has 3 nitrogen and oxygen atoms in total. The van der Waals surface area contributed by atoms with E-state index in [9.17, 15) is 0 Å². The van der Waals surface area contributed by atoms with Crippen molar-refractivity contribution in [1.29, 1.82) is 0 Å². The molecule has 18 heavy (non-hydrogen) atoms. The predicted molar refractivity (Wildman–Crippen MR) is 76.3 cm³/mol. The van der Waals surface area contributed by atoms with E-state index >= 15 is 0 Å². The van der Waals surface area contributed by atoms with E-state index in [4.69, 9.17) is 11.6 Å². The number of hydrogen-bond acceptors (Lipinski definition) is 3. The summed E-state index contributed by atoms with van der Waals surface area (Å²) in [4.78, 5) is 11.5. The molecule has 1 aliphatic heterocycles. The van der Waals surface area contributed by atoms with Crippen LogP contribution < -0.4 is 4.90 Å². The van der Waals surface area contributed by atoms with Gasteiger partial charge in [0.25, 0.3) is 0 Å². The molecule has 0 aliphatic carbocycles. The van der Waals surface area contributed by atoms with Crippen LogP contribution in [0.25, 0.3) is 0 Å². The minimum Gasteiger partial charge on any atom is -0.366 e. The summed E-state index contributed by atoms with van der Waals surface area (Å²) in [5, 5.41) is 0. The molecule has 0 aromatic carbocycles. The molecule has 2 rings (SSSR count). The fraction of sp³-hybridized carbons (Fsp3) is 0.714. The Morgan fingerprint density at radius 3 is 2.67 bits per heavy atom. The summed E-state index contributed by atoms with van der Waals surface area (Å²) >= 11 is 6.05. The second-order valence-electron chi connectivity index (χ2n) is 5.69. The van der Waals surface area contributed by atoms with Gasteiger partial charge in [0.05, 0.1) is 23.5 Å². The van der Waals surface area contributed by atoms with Gasteiger partial charge in [-0.1, -0.05) is 20.8 Å². The summed E-state index contributed by atoms with van der Waals surface area (Å²) in [6, 6.07) is 0.551. The second-order valence-corrected chi connectivity index (χ2v) is 5.96. The molecule has 0 N–H and O–H groups in total.